The molecule has 1 heterocycles. The van der Waals surface area contributed by atoms with Gasteiger partial charge in [0.25, 0.3) is 0 Å². The molecule has 0 aliphatic carbocycles. The molecule has 4 aromatic rings. The van der Waals surface area contributed by atoms with Crippen LogP contribution in [-0.4, -0.2) is 16.6 Å². The number of carbonyl (C=O) groups is 1. The lowest BCUT2D eigenvalue weighted by Gasteiger charge is -2.30. The summed E-state index contributed by atoms with van der Waals surface area (Å²) < 4.78 is 5.57. The van der Waals surface area contributed by atoms with Gasteiger partial charge in [0.05, 0.1) is 11.1 Å². The topological polar surface area (TPSA) is 39.2 Å². The third kappa shape index (κ3) is 6.34. The summed E-state index contributed by atoms with van der Waals surface area (Å²) in [6.45, 7) is 9.87. The quantitative estimate of drug-likeness (QED) is 0.222. The van der Waals surface area contributed by atoms with Crippen molar-refractivity contribution in [1.82, 2.24) is 4.98 Å². The maximum Gasteiger partial charge on any atom is 0.338 e. The highest BCUT2D eigenvalue weighted by Crippen LogP contribution is 2.44. The van der Waals surface area contributed by atoms with Gasteiger partial charge in [0.2, 0.25) is 0 Å². The number of esters is 1. The zero-order chi connectivity index (χ0) is 26.7. The van der Waals surface area contributed by atoms with Crippen LogP contribution in [0, 0.1) is 6.92 Å². The minimum Gasteiger partial charge on any atom is -0.456 e. The molecule has 1 unspecified atom stereocenters. The number of ether oxygens (including phenoxy) is 1. The predicted molar refractivity (Wildman–Crippen MR) is 154 cm³/mol. The highest BCUT2D eigenvalue weighted by molar-refractivity contribution is 6.31. The Kier molecular flexibility index (Phi) is 8.26. The molecule has 0 fully saturated rings. The van der Waals surface area contributed by atoms with Crippen LogP contribution in [0.2, 0.25) is 10.0 Å². The normalized spacial score (nSPS) is 13.4. The summed E-state index contributed by atoms with van der Waals surface area (Å²) in [6, 6.07) is 22.0. The molecule has 5 heteroatoms. The Labute approximate surface area is 229 Å². The van der Waals surface area contributed by atoms with Gasteiger partial charge in [-0.1, -0.05) is 60.8 Å². The molecule has 3 nitrogen and oxygen atoms in total. The monoisotopic (exact) mass is 533 g/mol. The first-order valence-corrected chi connectivity index (χ1v) is 13.5. The fourth-order valence-electron chi connectivity index (χ4n) is 5.02. The molecule has 0 spiro atoms. The van der Waals surface area contributed by atoms with E-state index >= 15 is 0 Å². The van der Waals surface area contributed by atoms with E-state index in [4.69, 9.17) is 27.9 Å². The first-order valence-electron chi connectivity index (χ1n) is 12.7. The van der Waals surface area contributed by atoms with E-state index in [1.54, 1.807) is 0 Å². The second-order valence-electron chi connectivity index (χ2n) is 10.6. The fourth-order valence-corrected chi connectivity index (χ4v) is 5.42. The first kappa shape index (κ1) is 27.2. The van der Waals surface area contributed by atoms with Crippen LogP contribution in [0.4, 0.5) is 0 Å². The molecule has 0 saturated heterocycles. The standard InChI is InChI=1S/C32H33Cl2NO2/c1-6-7-26(21-8-10-23(11-9-21)31(36)37-32(3,4)5)29(22-12-14-24(33)15-13-22)27-16-17-35-30-20(2)18-25(34)19-28(27)30/h8-19,26,29H,6-7H2,1-5H3/t26-,29?/m1/s1. The van der Waals surface area contributed by atoms with Gasteiger partial charge in [-0.15, -0.1) is 0 Å². The van der Waals surface area contributed by atoms with Crippen LogP contribution in [0.25, 0.3) is 10.9 Å². The number of rotatable bonds is 7. The van der Waals surface area contributed by atoms with Crippen molar-refractivity contribution in [2.75, 3.05) is 0 Å². The van der Waals surface area contributed by atoms with Gasteiger partial charge < -0.3 is 4.74 Å². The largest absolute Gasteiger partial charge is 0.456 e. The van der Waals surface area contributed by atoms with Gasteiger partial charge >= 0.3 is 5.97 Å². The SMILES string of the molecule is CCC[C@H](c1ccc(C(=O)OC(C)(C)C)cc1)C(c1ccc(Cl)cc1)c1ccnc2c(C)cc(Cl)cc12. The van der Waals surface area contributed by atoms with E-state index < -0.39 is 5.60 Å². The Morgan fingerprint density at radius 3 is 2.19 bits per heavy atom. The van der Waals surface area contributed by atoms with E-state index in [0.29, 0.717) is 15.6 Å². The Bertz CT molecular complexity index is 1390. The smallest absolute Gasteiger partial charge is 0.338 e. The third-order valence-corrected chi connectivity index (χ3v) is 7.04. The molecule has 0 amide bonds. The summed E-state index contributed by atoms with van der Waals surface area (Å²) in [5, 5.41) is 2.46. The molecule has 0 radical (unpaired) electrons. The van der Waals surface area contributed by atoms with Crippen LogP contribution in [0.3, 0.4) is 0 Å². The third-order valence-electron chi connectivity index (χ3n) is 6.57. The first-order chi connectivity index (χ1) is 17.6. The number of halogens is 2. The van der Waals surface area contributed by atoms with Crippen molar-refractivity contribution in [1.29, 1.82) is 0 Å². The van der Waals surface area contributed by atoms with Gasteiger partial charge in [-0.2, -0.15) is 0 Å². The molecular formula is C32H33Cl2NO2. The summed E-state index contributed by atoms with van der Waals surface area (Å²) in [5.41, 5.74) is 5.52. The molecular weight excluding hydrogens is 501 g/mol. The Morgan fingerprint density at radius 1 is 0.919 bits per heavy atom. The van der Waals surface area contributed by atoms with Crippen molar-refractivity contribution in [2.24, 2.45) is 0 Å². The van der Waals surface area contributed by atoms with E-state index in [9.17, 15) is 4.79 Å². The van der Waals surface area contributed by atoms with Gasteiger partial charge in [-0.25, -0.2) is 4.79 Å². The minimum atomic E-state index is -0.540. The molecule has 0 saturated carbocycles. The lowest BCUT2D eigenvalue weighted by molar-refractivity contribution is 0.00695. The van der Waals surface area contributed by atoms with E-state index in [0.717, 1.165) is 34.9 Å². The molecule has 0 aliphatic heterocycles. The molecule has 4 rings (SSSR count). The van der Waals surface area contributed by atoms with Crippen LogP contribution < -0.4 is 0 Å². The fraction of sp³-hybridized carbons (Fsp3) is 0.312. The second kappa shape index (κ2) is 11.2. The van der Waals surface area contributed by atoms with Crippen molar-refractivity contribution < 1.29 is 9.53 Å². The number of fused-ring (bicyclic) bond motifs is 1. The van der Waals surface area contributed by atoms with Crippen LogP contribution in [0.15, 0.2) is 72.9 Å². The molecule has 3 aromatic carbocycles. The molecule has 0 bridgehead atoms. The Balaban J connectivity index is 1.86. The van der Waals surface area contributed by atoms with Crippen LogP contribution in [0.1, 0.15) is 85.0 Å². The van der Waals surface area contributed by atoms with Gasteiger partial charge in [0.1, 0.15) is 5.60 Å². The van der Waals surface area contributed by atoms with E-state index in [2.05, 4.69) is 42.2 Å². The minimum absolute atomic E-state index is 0.0351. The molecule has 37 heavy (non-hydrogen) atoms. The number of pyridine rings is 1. The number of nitrogens with zero attached hydrogens (tertiary/aromatic N) is 1. The number of carbonyl (C=O) groups excluding carboxylic acids is 1. The van der Waals surface area contributed by atoms with E-state index in [-0.39, 0.29) is 17.8 Å². The Morgan fingerprint density at radius 2 is 1.57 bits per heavy atom. The average Bonchev–Trinajstić information content (AvgIpc) is 2.84. The maximum atomic E-state index is 12.6. The van der Waals surface area contributed by atoms with E-state index in [1.807, 2.05) is 70.3 Å². The number of hydrogen-bond acceptors (Lipinski definition) is 3. The van der Waals surface area contributed by atoms with Gasteiger partial charge in [-0.05, 0) is 105 Å². The lowest BCUT2D eigenvalue weighted by atomic mass is 9.74. The van der Waals surface area contributed by atoms with Gasteiger partial charge in [0.15, 0.2) is 0 Å². The molecule has 2 atom stereocenters. The summed E-state index contributed by atoms with van der Waals surface area (Å²) in [6.07, 6.45) is 3.85. The van der Waals surface area contributed by atoms with Crippen molar-refractivity contribution in [3.05, 3.63) is 111 Å². The van der Waals surface area contributed by atoms with Gasteiger partial charge in [0, 0.05) is 27.5 Å². The number of hydrogen-bond donors (Lipinski definition) is 0. The van der Waals surface area contributed by atoms with Crippen molar-refractivity contribution in [3.63, 3.8) is 0 Å². The van der Waals surface area contributed by atoms with Crippen molar-refractivity contribution >= 4 is 40.1 Å². The highest BCUT2D eigenvalue weighted by Gasteiger charge is 2.28. The molecule has 0 N–H and O–H groups in total. The summed E-state index contributed by atoms with van der Waals surface area (Å²) in [7, 11) is 0. The average molecular weight is 535 g/mol. The second-order valence-corrected chi connectivity index (χ2v) is 11.4. The summed E-state index contributed by atoms with van der Waals surface area (Å²) >= 11 is 12.8. The number of benzene rings is 3. The van der Waals surface area contributed by atoms with Crippen LogP contribution in [-0.2, 0) is 4.74 Å². The molecule has 192 valence electrons. The maximum absolute atomic E-state index is 12.6. The Hall–Kier alpha value is -2.88. The van der Waals surface area contributed by atoms with Crippen molar-refractivity contribution in [3.8, 4) is 0 Å². The van der Waals surface area contributed by atoms with Crippen LogP contribution >= 0.6 is 23.2 Å². The number of aryl methyl sites for hydroxylation is 1. The van der Waals surface area contributed by atoms with Gasteiger partial charge in [-0.3, -0.25) is 4.98 Å². The summed E-state index contributed by atoms with van der Waals surface area (Å²) in [4.78, 5) is 17.3. The van der Waals surface area contributed by atoms with E-state index in [1.165, 1.54) is 11.1 Å². The highest BCUT2D eigenvalue weighted by atomic mass is 35.5. The predicted octanol–water partition coefficient (Wildman–Crippen LogP) is 9.52. The van der Waals surface area contributed by atoms with Crippen LogP contribution in [0.5, 0.6) is 0 Å². The zero-order valence-electron chi connectivity index (χ0n) is 22.0. The van der Waals surface area contributed by atoms with Crippen molar-refractivity contribution in [2.45, 2.75) is 64.9 Å². The zero-order valence-corrected chi connectivity index (χ0v) is 23.5. The molecule has 1 aromatic heterocycles. The molecule has 0 aliphatic rings. The lowest BCUT2D eigenvalue weighted by Crippen LogP contribution is -2.23. The summed E-state index contributed by atoms with van der Waals surface area (Å²) in [5.74, 6) is -0.123. The number of aromatic nitrogens is 1.